The Labute approximate surface area is 90.6 Å². The first-order valence-corrected chi connectivity index (χ1v) is 3.75. The van der Waals surface area contributed by atoms with Crippen LogP contribution in [0, 0.1) is 40.5 Å². The van der Waals surface area contributed by atoms with Crippen molar-refractivity contribution < 1.29 is 24.1 Å². The molecule has 17 heavy (non-hydrogen) atoms. The number of halogens is 1. The Balaban J connectivity index is 5.53. The van der Waals surface area contributed by atoms with Crippen LogP contribution in [0.1, 0.15) is 13.3 Å². The predicted molar refractivity (Wildman–Crippen MR) is 44.8 cm³/mol. The van der Waals surface area contributed by atoms with E-state index in [9.17, 15) is 44.8 Å². The first-order chi connectivity index (χ1) is 7.48. The Kier molecular flexibility index (Phi) is 3.58. The van der Waals surface area contributed by atoms with Crippen molar-refractivity contribution >= 4 is 0 Å². The molecule has 0 unspecified atom stereocenters. The van der Waals surface area contributed by atoms with E-state index in [4.69, 9.17) is 0 Å². The van der Waals surface area contributed by atoms with E-state index in [1.807, 2.05) is 0 Å². The summed E-state index contributed by atoms with van der Waals surface area (Å²) in [5.41, 5.74) is -3.37. The van der Waals surface area contributed by atoms with Crippen LogP contribution in [-0.4, -0.2) is 31.3 Å². The molecular weight excluding hydrogens is 251 g/mol. The number of hydrogen-bond donors (Lipinski definition) is 0. The fourth-order valence-electron chi connectivity index (χ4n) is 0.818. The molecule has 0 aliphatic rings. The minimum Gasteiger partial charge on any atom is -0.258 e. The number of nitro groups is 4. The first kappa shape index (κ1) is 14.5. The van der Waals surface area contributed by atoms with Gasteiger partial charge in [0.05, 0.1) is 16.8 Å². The predicted octanol–water partition coefficient (Wildman–Crippen LogP) is -0.177. The maximum absolute atomic E-state index is 13.2. The second-order valence-corrected chi connectivity index (χ2v) is 3.14. The molecular formula is C4H5FN4O8. The molecule has 0 fully saturated rings. The molecule has 0 aromatic rings. The van der Waals surface area contributed by atoms with Crippen molar-refractivity contribution in [2.24, 2.45) is 0 Å². The fourth-order valence-corrected chi connectivity index (χ4v) is 0.818. The van der Waals surface area contributed by atoms with Crippen LogP contribution in [-0.2, 0) is 0 Å². The molecule has 0 aliphatic carbocycles. The summed E-state index contributed by atoms with van der Waals surface area (Å²) in [6, 6.07) is 0. The van der Waals surface area contributed by atoms with Gasteiger partial charge < -0.3 is 0 Å². The molecule has 0 spiro atoms. The Morgan fingerprint density at radius 2 is 1.18 bits per heavy atom. The third-order valence-corrected chi connectivity index (χ3v) is 1.91. The third kappa shape index (κ3) is 2.37. The largest absolute Gasteiger partial charge is 0.628 e. The maximum atomic E-state index is 13.2. The van der Waals surface area contributed by atoms with Crippen LogP contribution < -0.4 is 0 Å². The first-order valence-electron chi connectivity index (χ1n) is 3.75. The summed E-state index contributed by atoms with van der Waals surface area (Å²) in [4.78, 5) is 33.6. The topological polar surface area (TPSA) is 173 Å². The molecule has 0 atom stereocenters. The zero-order valence-electron chi connectivity index (χ0n) is 8.14. The van der Waals surface area contributed by atoms with Gasteiger partial charge in [0, 0.05) is 0 Å². The van der Waals surface area contributed by atoms with Crippen LogP contribution in [0.3, 0.4) is 0 Å². The second-order valence-electron chi connectivity index (χ2n) is 3.14. The van der Waals surface area contributed by atoms with Gasteiger partial charge in [-0.25, -0.2) is 0 Å². The molecule has 0 bridgehead atoms. The van der Waals surface area contributed by atoms with E-state index < -0.39 is 37.7 Å². The molecule has 0 aliphatic heterocycles. The van der Waals surface area contributed by atoms with Gasteiger partial charge in [0.25, 0.3) is 6.42 Å². The average molecular weight is 256 g/mol. The summed E-state index contributed by atoms with van der Waals surface area (Å²) in [5, 5.41) is 40.9. The lowest BCUT2D eigenvalue weighted by molar-refractivity contribution is -0.866. The summed E-state index contributed by atoms with van der Waals surface area (Å²) in [6.07, 6.45) is -2.12. The highest BCUT2D eigenvalue weighted by molar-refractivity contribution is 4.67. The van der Waals surface area contributed by atoms with Gasteiger partial charge in [0.2, 0.25) is 0 Å². The van der Waals surface area contributed by atoms with Crippen molar-refractivity contribution in [1.82, 2.24) is 0 Å². The SMILES string of the molecule is CC(CC(F)([N+](=O)[O-])[N+](=O)[O-])([N+](=O)[O-])[N+](=O)[O-]. The monoisotopic (exact) mass is 256 g/mol. The fraction of sp³-hybridized carbons (Fsp3) is 1.00. The smallest absolute Gasteiger partial charge is 0.258 e. The van der Waals surface area contributed by atoms with Gasteiger partial charge in [-0.1, -0.05) is 4.39 Å². The number of hydrogen-bond acceptors (Lipinski definition) is 8. The highest BCUT2D eigenvalue weighted by atomic mass is 19.2. The standard InChI is InChI=1S/C4H5FN4O8/c1-3(6(10)11,7(12)13)2-4(5,8(14)15)9(16)17/h2H2,1H3. The molecule has 0 saturated carbocycles. The molecule has 0 heterocycles. The van der Waals surface area contributed by atoms with Crippen LogP contribution in [0.25, 0.3) is 0 Å². The van der Waals surface area contributed by atoms with Crippen molar-refractivity contribution in [2.75, 3.05) is 0 Å². The van der Waals surface area contributed by atoms with Crippen LogP contribution in [0.4, 0.5) is 4.39 Å². The van der Waals surface area contributed by atoms with E-state index in [0.717, 1.165) is 0 Å². The summed E-state index contributed by atoms with van der Waals surface area (Å²) in [5.74, 6) is -4.49. The molecule has 0 radical (unpaired) electrons. The van der Waals surface area contributed by atoms with Crippen LogP contribution in [0.15, 0.2) is 0 Å². The Morgan fingerprint density at radius 1 is 0.882 bits per heavy atom. The Morgan fingerprint density at radius 3 is 1.35 bits per heavy atom. The van der Waals surface area contributed by atoms with Gasteiger partial charge in [0.1, 0.15) is 9.85 Å². The van der Waals surface area contributed by atoms with Crippen molar-refractivity contribution in [3.8, 4) is 0 Å². The molecule has 0 aromatic heterocycles. The number of rotatable bonds is 6. The van der Waals surface area contributed by atoms with Crippen molar-refractivity contribution in [2.45, 2.75) is 24.9 Å². The van der Waals surface area contributed by atoms with E-state index in [2.05, 4.69) is 0 Å². The normalized spacial score (nSPS) is 11.9. The zero-order valence-corrected chi connectivity index (χ0v) is 8.14. The van der Waals surface area contributed by atoms with Gasteiger partial charge in [-0.15, -0.1) is 0 Å². The Hall–Kier alpha value is -2.47. The van der Waals surface area contributed by atoms with E-state index in [1.165, 1.54) is 0 Å². The van der Waals surface area contributed by atoms with Crippen LogP contribution in [0.5, 0.6) is 0 Å². The molecule has 12 nitrogen and oxygen atoms in total. The lowest BCUT2D eigenvalue weighted by Crippen LogP contribution is -2.54. The summed E-state index contributed by atoms with van der Waals surface area (Å²) >= 11 is 0. The van der Waals surface area contributed by atoms with E-state index in [0.29, 0.717) is 0 Å². The van der Waals surface area contributed by atoms with Gasteiger partial charge in [-0.3, -0.25) is 40.5 Å². The Bertz CT molecular complexity index is 331. The molecule has 0 aromatic carbocycles. The summed E-state index contributed by atoms with van der Waals surface area (Å²) < 4.78 is 13.2. The van der Waals surface area contributed by atoms with E-state index in [1.54, 1.807) is 0 Å². The van der Waals surface area contributed by atoms with Gasteiger partial charge in [0.15, 0.2) is 0 Å². The van der Waals surface area contributed by atoms with E-state index in [-0.39, 0.29) is 6.92 Å². The molecule has 0 N–H and O–H groups in total. The van der Waals surface area contributed by atoms with Crippen molar-refractivity contribution in [3.63, 3.8) is 0 Å². The molecule has 0 amide bonds. The lowest BCUT2D eigenvalue weighted by atomic mass is 10.1. The highest BCUT2D eigenvalue weighted by Crippen LogP contribution is 2.28. The van der Waals surface area contributed by atoms with Gasteiger partial charge in [-0.05, 0) is 0 Å². The number of nitrogens with zero attached hydrogens (tertiary/aromatic N) is 4. The van der Waals surface area contributed by atoms with Crippen molar-refractivity contribution in [3.05, 3.63) is 40.5 Å². The van der Waals surface area contributed by atoms with Crippen LogP contribution >= 0.6 is 0 Å². The summed E-state index contributed by atoms with van der Waals surface area (Å²) in [6.45, 7) is 0.244. The number of alkyl halides is 1. The second kappa shape index (κ2) is 4.18. The van der Waals surface area contributed by atoms with Crippen LogP contribution in [0.2, 0.25) is 0 Å². The zero-order chi connectivity index (χ0) is 14.0. The highest BCUT2D eigenvalue weighted by Gasteiger charge is 2.71. The minimum atomic E-state index is -4.49. The maximum Gasteiger partial charge on any atom is 0.628 e. The van der Waals surface area contributed by atoms with Gasteiger partial charge >= 0.3 is 11.6 Å². The summed E-state index contributed by atoms with van der Waals surface area (Å²) in [7, 11) is 0. The minimum absolute atomic E-state index is 0.244. The quantitative estimate of drug-likeness (QED) is 0.272. The molecule has 0 rings (SSSR count). The average Bonchev–Trinajstić information content (AvgIpc) is 2.15. The van der Waals surface area contributed by atoms with Gasteiger partial charge in [-0.2, -0.15) is 0 Å². The van der Waals surface area contributed by atoms with E-state index >= 15 is 0 Å². The van der Waals surface area contributed by atoms with Crippen molar-refractivity contribution in [1.29, 1.82) is 0 Å². The third-order valence-electron chi connectivity index (χ3n) is 1.91. The molecule has 13 heteroatoms. The molecule has 0 saturated heterocycles. The molecule has 96 valence electrons. The lowest BCUT2D eigenvalue weighted by Gasteiger charge is -2.13.